The number of hydrogen-bond acceptors (Lipinski definition) is 6. The minimum absolute atomic E-state index is 0.0255. The summed E-state index contributed by atoms with van der Waals surface area (Å²) >= 11 is 0. The summed E-state index contributed by atoms with van der Waals surface area (Å²) in [4.78, 5) is 26.3. The van der Waals surface area contributed by atoms with Crippen LogP contribution in [0.15, 0.2) is 24.3 Å². The zero-order valence-electron chi connectivity index (χ0n) is 15.9. The van der Waals surface area contributed by atoms with Crippen molar-refractivity contribution in [3.05, 3.63) is 24.3 Å². The minimum atomic E-state index is -3.10. The molecule has 1 saturated heterocycles. The van der Waals surface area contributed by atoms with E-state index in [0.29, 0.717) is 24.4 Å². The first-order valence-corrected chi connectivity index (χ1v) is 10.6. The lowest BCUT2D eigenvalue weighted by Crippen LogP contribution is -2.51. The molecule has 0 aliphatic carbocycles. The van der Waals surface area contributed by atoms with Crippen molar-refractivity contribution in [2.75, 3.05) is 43.6 Å². The van der Waals surface area contributed by atoms with Gasteiger partial charge >= 0.3 is 0 Å². The molecule has 2 N–H and O–H groups in total. The summed E-state index contributed by atoms with van der Waals surface area (Å²) in [5, 5.41) is 5.58. The number of hydrogen-bond donors (Lipinski definition) is 2. The summed E-state index contributed by atoms with van der Waals surface area (Å²) in [5.41, 5.74) is -0.124. The molecule has 1 heterocycles. The maximum atomic E-state index is 12.3. The smallest absolute Gasteiger partial charge is 0.238 e. The zero-order chi connectivity index (χ0) is 20.1. The minimum Gasteiger partial charge on any atom is -0.497 e. The van der Waals surface area contributed by atoms with E-state index in [2.05, 4.69) is 10.6 Å². The van der Waals surface area contributed by atoms with E-state index in [1.807, 2.05) is 6.92 Å². The molecule has 0 spiro atoms. The largest absolute Gasteiger partial charge is 0.497 e. The van der Waals surface area contributed by atoms with E-state index in [0.717, 1.165) is 0 Å². The van der Waals surface area contributed by atoms with Crippen LogP contribution in [0.1, 0.15) is 20.3 Å². The number of anilines is 1. The third kappa shape index (κ3) is 6.51. The average molecular weight is 397 g/mol. The Morgan fingerprint density at radius 2 is 1.96 bits per heavy atom. The Kier molecular flexibility index (Phi) is 6.83. The Hall–Kier alpha value is -2.13. The van der Waals surface area contributed by atoms with E-state index in [4.69, 9.17) is 4.74 Å². The lowest BCUT2D eigenvalue weighted by molar-refractivity contribution is -0.124. The molecular formula is C18H27N3O5S. The number of benzene rings is 1. The fourth-order valence-corrected chi connectivity index (χ4v) is 5.17. The van der Waals surface area contributed by atoms with E-state index < -0.39 is 15.4 Å². The normalized spacial score (nSPS) is 21.0. The Balaban J connectivity index is 1.87. The predicted molar refractivity (Wildman–Crippen MR) is 104 cm³/mol. The molecule has 2 rings (SSSR count). The third-order valence-electron chi connectivity index (χ3n) is 4.48. The van der Waals surface area contributed by atoms with Crippen LogP contribution >= 0.6 is 0 Å². The van der Waals surface area contributed by atoms with Crippen LogP contribution in [-0.2, 0) is 19.4 Å². The quantitative estimate of drug-likeness (QED) is 0.667. The number of amides is 2. The van der Waals surface area contributed by atoms with E-state index in [-0.39, 0.29) is 36.4 Å². The van der Waals surface area contributed by atoms with Crippen molar-refractivity contribution < 1.29 is 22.7 Å². The summed E-state index contributed by atoms with van der Waals surface area (Å²) in [6, 6.07) is 7.02. The highest BCUT2D eigenvalue weighted by atomic mass is 32.2. The van der Waals surface area contributed by atoms with Gasteiger partial charge in [0.1, 0.15) is 5.75 Å². The van der Waals surface area contributed by atoms with Gasteiger partial charge in [0.2, 0.25) is 11.8 Å². The van der Waals surface area contributed by atoms with Gasteiger partial charge in [0, 0.05) is 11.8 Å². The SMILES string of the molecule is CCN(CC(=O)Nc1cccc(OC)c1)CC(=O)N[C@@]1(C)CCS(=O)(=O)C1. The summed E-state index contributed by atoms with van der Waals surface area (Å²) in [5.74, 6) is 0.149. The molecule has 150 valence electrons. The summed E-state index contributed by atoms with van der Waals surface area (Å²) in [6.45, 7) is 4.18. The van der Waals surface area contributed by atoms with Crippen LogP contribution in [0.25, 0.3) is 0 Å². The van der Waals surface area contributed by atoms with E-state index in [1.165, 1.54) is 0 Å². The summed E-state index contributed by atoms with van der Waals surface area (Å²) in [7, 11) is -1.55. The van der Waals surface area contributed by atoms with Crippen molar-refractivity contribution in [3.63, 3.8) is 0 Å². The number of carbonyl (C=O) groups is 2. The van der Waals surface area contributed by atoms with Crippen molar-refractivity contribution in [3.8, 4) is 5.75 Å². The number of nitrogens with zero attached hydrogens (tertiary/aromatic N) is 1. The maximum Gasteiger partial charge on any atom is 0.238 e. The summed E-state index contributed by atoms with van der Waals surface area (Å²) < 4.78 is 28.4. The van der Waals surface area contributed by atoms with Gasteiger partial charge in [0.15, 0.2) is 9.84 Å². The second-order valence-corrected chi connectivity index (χ2v) is 9.22. The first-order valence-electron chi connectivity index (χ1n) is 8.82. The molecule has 0 radical (unpaired) electrons. The number of carbonyl (C=O) groups excluding carboxylic acids is 2. The molecule has 9 heteroatoms. The van der Waals surface area contributed by atoms with Gasteiger partial charge in [-0.3, -0.25) is 14.5 Å². The lowest BCUT2D eigenvalue weighted by Gasteiger charge is -2.26. The Labute approximate surface area is 160 Å². The fourth-order valence-electron chi connectivity index (χ4n) is 3.07. The second kappa shape index (κ2) is 8.71. The van der Waals surface area contributed by atoms with Gasteiger partial charge in [-0.2, -0.15) is 0 Å². The van der Waals surface area contributed by atoms with E-state index in [9.17, 15) is 18.0 Å². The van der Waals surface area contributed by atoms with Crippen LogP contribution in [0.4, 0.5) is 5.69 Å². The predicted octanol–water partition coefficient (Wildman–Crippen LogP) is 0.649. The molecule has 1 aliphatic heterocycles. The molecule has 0 saturated carbocycles. The Morgan fingerprint density at radius 3 is 2.56 bits per heavy atom. The zero-order valence-corrected chi connectivity index (χ0v) is 16.8. The van der Waals surface area contributed by atoms with Gasteiger partial charge in [-0.25, -0.2) is 8.42 Å². The highest BCUT2D eigenvalue weighted by Gasteiger charge is 2.39. The molecule has 1 aromatic carbocycles. The number of rotatable bonds is 8. The molecule has 1 aromatic rings. The van der Waals surface area contributed by atoms with Crippen molar-refractivity contribution >= 4 is 27.3 Å². The molecular weight excluding hydrogens is 370 g/mol. The molecule has 8 nitrogen and oxygen atoms in total. The van der Waals surface area contributed by atoms with Crippen molar-refractivity contribution in [1.82, 2.24) is 10.2 Å². The maximum absolute atomic E-state index is 12.3. The molecule has 1 fully saturated rings. The number of nitrogens with one attached hydrogen (secondary N) is 2. The van der Waals surface area contributed by atoms with E-state index in [1.54, 1.807) is 43.2 Å². The van der Waals surface area contributed by atoms with Crippen molar-refractivity contribution in [2.24, 2.45) is 0 Å². The van der Waals surface area contributed by atoms with Gasteiger partial charge in [0.25, 0.3) is 0 Å². The van der Waals surface area contributed by atoms with Crippen LogP contribution in [0, 0.1) is 0 Å². The first-order chi connectivity index (χ1) is 12.6. The average Bonchev–Trinajstić information content (AvgIpc) is 2.86. The van der Waals surface area contributed by atoms with Crippen LogP contribution in [-0.4, -0.2) is 68.9 Å². The fraction of sp³-hybridized carbons (Fsp3) is 0.556. The summed E-state index contributed by atoms with van der Waals surface area (Å²) in [6.07, 6.45) is 0.406. The Morgan fingerprint density at radius 1 is 1.26 bits per heavy atom. The van der Waals surface area contributed by atoms with Gasteiger partial charge in [-0.05, 0) is 32.0 Å². The molecule has 0 aromatic heterocycles. The third-order valence-corrected chi connectivity index (χ3v) is 6.38. The van der Waals surface area contributed by atoms with Gasteiger partial charge in [-0.1, -0.05) is 13.0 Å². The number of methoxy groups -OCH3 is 1. The monoisotopic (exact) mass is 397 g/mol. The molecule has 27 heavy (non-hydrogen) atoms. The molecule has 0 bridgehead atoms. The molecule has 1 aliphatic rings. The molecule has 1 atom stereocenters. The van der Waals surface area contributed by atoms with E-state index >= 15 is 0 Å². The Bertz CT molecular complexity index is 796. The van der Waals surface area contributed by atoms with Crippen LogP contribution in [0.2, 0.25) is 0 Å². The lowest BCUT2D eigenvalue weighted by atomic mass is 10.0. The van der Waals surface area contributed by atoms with Gasteiger partial charge < -0.3 is 15.4 Å². The number of ether oxygens (including phenoxy) is 1. The topological polar surface area (TPSA) is 105 Å². The van der Waals surface area contributed by atoms with Crippen molar-refractivity contribution in [2.45, 2.75) is 25.8 Å². The standard InChI is InChI=1S/C18H27N3O5S/c1-4-21(11-16(22)19-14-6-5-7-15(10-14)26-3)12-17(23)20-18(2)8-9-27(24,25)13-18/h5-7,10H,4,8-9,11-13H2,1-3H3,(H,19,22)(H,20,23)/t18-/m0/s1. The molecule has 0 unspecified atom stereocenters. The van der Waals surface area contributed by atoms with Crippen LogP contribution in [0.3, 0.4) is 0 Å². The second-order valence-electron chi connectivity index (χ2n) is 7.03. The van der Waals surface area contributed by atoms with Crippen molar-refractivity contribution in [1.29, 1.82) is 0 Å². The van der Waals surface area contributed by atoms with Crippen LogP contribution in [0.5, 0.6) is 5.75 Å². The van der Waals surface area contributed by atoms with Crippen LogP contribution < -0.4 is 15.4 Å². The number of likely N-dealkylation sites (N-methyl/N-ethyl adjacent to an activating group) is 1. The first kappa shape index (κ1) is 21.2. The molecule has 2 amide bonds. The highest BCUT2D eigenvalue weighted by molar-refractivity contribution is 7.91. The number of sulfone groups is 1. The van der Waals surface area contributed by atoms with Gasteiger partial charge in [-0.15, -0.1) is 0 Å². The highest BCUT2D eigenvalue weighted by Crippen LogP contribution is 2.22. The van der Waals surface area contributed by atoms with Gasteiger partial charge in [0.05, 0.1) is 37.2 Å².